The summed E-state index contributed by atoms with van der Waals surface area (Å²) >= 11 is 0. The average Bonchev–Trinajstić information content (AvgIpc) is 3.22. The molecule has 0 saturated carbocycles. The molecule has 0 atom stereocenters. The fourth-order valence-corrected chi connectivity index (χ4v) is 3.58. The lowest BCUT2D eigenvalue weighted by molar-refractivity contribution is -0.133. The lowest BCUT2D eigenvalue weighted by Gasteiger charge is -2.31. The fraction of sp³-hybridized carbons (Fsp3) is 0.421. The number of H-pyrrole nitrogens is 1. The lowest BCUT2D eigenvalue weighted by atomic mass is 9.96. The molecule has 3 heterocycles. The van der Waals surface area contributed by atoms with Gasteiger partial charge in [-0.2, -0.15) is 5.10 Å². The number of aromatic nitrogens is 4. The zero-order valence-electron chi connectivity index (χ0n) is 14.7. The van der Waals surface area contributed by atoms with Crippen molar-refractivity contribution in [2.24, 2.45) is 0 Å². The summed E-state index contributed by atoms with van der Waals surface area (Å²) in [6.45, 7) is 5.90. The molecule has 25 heavy (non-hydrogen) atoms. The second-order valence-electron chi connectivity index (χ2n) is 6.90. The number of fused-ring (bicyclic) bond motifs is 1. The van der Waals surface area contributed by atoms with Crippen LogP contribution in [0.25, 0.3) is 11.0 Å². The minimum atomic E-state index is 0.141. The molecular weight excluding hydrogens is 314 g/mol. The van der Waals surface area contributed by atoms with Gasteiger partial charge < -0.3 is 9.88 Å². The highest BCUT2D eigenvalue weighted by molar-refractivity contribution is 5.78. The summed E-state index contributed by atoms with van der Waals surface area (Å²) in [4.78, 5) is 22.7. The van der Waals surface area contributed by atoms with Gasteiger partial charge >= 0.3 is 0 Å². The molecule has 3 aromatic rings. The van der Waals surface area contributed by atoms with Crippen LogP contribution in [-0.2, 0) is 11.3 Å². The molecular formula is C19H23N5O. The second kappa shape index (κ2) is 6.35. The predicted molar refractivity (Wildman–Crippen MR) is 96.3 cm³/mol. The van der Waals surface area contributed by atoms with Gasteiger partial charge in [-0.3, -0.25) is 9.48 Å². The number of likely N-dealkylation sites (tertiary alicyclic amines) is 1. The normalized spacial score (nSPS) is 15.8. The molecule has 0 unspecified atom stereocenters. The quantitative estimate of drug-likeness (QED) is 0.799. The molecule has 6 heteroatoms. The number of carbonyl (C=O) groups excluding carboxylic acids is 1. The number of carbonyl (C=O) groups is 1. The number of rotatable bonds is 3. The maximum atomic E-state index is 12.4. The highest BCUT2D eigenvalue weighted by Crippen LogP contribution is 2.28. The van der Waals surface area contributed by atoms with Crippen LogP contribution in [0.1, 0.15) is 35.8 Å². The molecule has 1 aliphatic rings. The number of piperidine rings is 1. The van der Waals surface area contributed by atoms with Gasteiger partial charge in [0.2, 0.25) is 5.91 Å². The zero-order valence-corrected chi connectivity index (χ0v) is 14.7. The highest BCUT2D eigenvalue weighted by Gasteiger charge is 2.26. The minimum Gasteiger partial charge on any atom is -0.342 e. The van der Waals surface area contributed by atoms with Crippen molar-refractivity contribution in [3.63, 3.8) is 0 Å². The third kappa shape index (κ3) is 3.16. The number of hydrogen-bond acceptors (Lipinski definition) is 3. The van der Waals surface area contributed by atoms with Crippen LogP contribution < -0.4 is 0 Å². The Balaban J connectivity index is 1.40. The lowest BCUT2D eigenvalue weighted by Crippen LogP contribution is -2.40. The van der Waals surface area contributed by atoms with Gasteiger partial charge in [-0.05, 0) is 44.4 Å². The number of amides is 1. The van der Waals surface area contributed by atoms with Crippen LogP contribution in [0.15, 0.2) is 30.5 Å². The molecule has 6 nitrogen and oxygen atoms in total. The molecule has 0 aliphatic carbocycles. The molecule has 1 aromatic carbocycles. The third-order valence-electron chi connectivity index (χ3n) is 5.04. The van der Waals surface area contributed by atoms with Gasteiger partial charge in [0.25, 0.3) is 0 Å². The number of hydrogen-bond donors (Lipinski definition) is 1. The molecule has 1 fully saturated rings. The van der Waals surface area contributed by atoms with Crippen LogP contribution in [0.3, 0.4) is 0 Å². The van der Waals surface area contributed by atoms with E-state index in [0.717, 1.165) is 48.5 Å². The van der Waals surface area contributed by atoms with Crippen LogP contribution in [0.2, 0.25) is 0 Å². The highest BCUT2D eigenvalue weighted by atomic mass is 16.2. The molecule has 2 aromatic heterocycles. The molecule has 0 bridgehead atoms. The maximum absolute atomic E-state index is 12.4. The zero-order chi connectivity index (χ0) is 17.4. The topological polar surface area (TPSA) is 66.8 Å². The van der Waals surface area contributed by atoms with Gasteiger partial charge in [-0.15, -0.1) is 0 Å². The molecule has 0 spiro atoms. The van der Waals surface area contributed by atoms with E-state index in [9.17, 15) is 4.79 Å². The predicted octanol–water partition coefficient (Wildman–Crippen LogP) is 2.78. The van der Waals surface area contributed by atoms with Crippen molar-refractivity contribution in [2.45, 2.75) is 39.2 Å². The Bertz CT molecular complexity index is 902. The Kier molecular flexibility index (Phi) is 4.03. The number of aromatic amines is 1. The van der Waals surface area contributed by atoms with Gasteiger partial charge in [-0.1, -0.05) is 12.1 Å². The standard InChI is InChI=1S/C19H23N5O/c1-13-4-3-5-16-18(13)21-19(20-16)15-7-9-23(10-8-15)17(25)12-24-11-6-14(2)22-24/h3-6,11,15H,7-10,12H2,1-2H3,(H,20,21). The van der Waals surface area contributed by atoms with Crippen LogP contribution in [0.4, 0.5) is 0 Å². The van der Waals surface area contributed by atoms with E-state index in [1.165, 1.54) is 5.56 Å². The third-order valence-corrected chi connectivity index (χ3v) is 5.04. The van der Waals surface area contributed by atoms with Crippen LogP contribution >= 0.6 is 0 Å². The van der Waals surface area contributed by atoms with Crippen LogP contribution in [0, 0.1) is 13.8 Å². The Morgan fingerprint density at radius 3 is 2.72 bits per heavy atom. The van der Waals surface area contributed by atoms with Crippen molar-refractivity contribution in [2.75, 3.05) is 13.1 Å². The van der Waals surface area contributed by atoms with Crippen molar-refractivity contribution in [3.05, 3.63) is 47.5 Å². The van der Waals surface area contributed by atoms with E-state index < -0.39 is 0 Å². The van der Waals surface area contributed by atoms with E-state index >= 15 is 0 Å². The summed E-state index contributed by atoms with van der Waals surface area (Å²) in [5.74, 6) is 1.59. The maximum Gasteiger partial charge on any atom is 0.244 e. The van der Waals surface area contributed by atoms with Crippen LogP contribution in [-0.4, -0.2) is 43.6 Å². The van der Waals surface area contributed by atoms with Crippen molar-refractivity contribution in [1.82, 2.24) is 24.6 Å². The molecule has 1 saturated heterocycles. The van der Waals surface area contributed by atoms with Gasteiger partial charge in [-0.25, -0.2) is 4.98 Å². The Labute approximate surface area is 146 Å². The van der Waals surface area contributed by atoms with Crippen molar-refractivity contribution in [3.8, 4) is 0 Å². The Morgan fingerprint density at radius 2 is 2.04 bits per heavy atom. The largest absolute Gasteiger partial charge is 0.342 e. The van der Waals surface area contributed by atoms with E-state index in [1.807, 2.05) is 24.1 Å². The van der Waals surface area contributed by atoms with Crippen molar-refractivity contribution < 1.29 is 4.79 Å². The summed E-state index contributed by atoms with van der Waals surface area (Å²) in [6, 6.07) is 8.13. The molecule has 1 amide bonds. The molecule has 130 valence electrons. The first kappa shape index (κ1) is 15.9. The van der Waals surface area contributed by atoms with Crippen molar-refractivity contribution >= 4 is 16.9 Å². The van der Waals surface area contributed by atoms with Crippen molar-refractivity contribution in [1.29, 1.82) is 0 Å². The number of nitrogens with zero attached hydrogens (tertiary/aromatic N) is 4. The average molecular weight is 337 g/mol. The molecule has 4 rings (SSSR count). The minimum absolute atomic E-state index is 0.141. The van der Waals surface area contributed by atoms with Gasteiger partial charge in [0.15, 0.2) is 0 Å². The number of nitrogens with one attached hydrogen (secondary N) is 1. The Hall–Kier alpha value is -2.63. The number of para-hydroxylation sites is 1. The summed E-state index contributed by atoms with van der Waals surface area (Å²) in [5, 5.41) is 4.29. The number of aryl methyl sites for hydroxylation is 2. The van der Waals surface area contributed by atoms with E-state index in [0.29, 0.717) is 12.5 Å². The first-order valence-electron chi connectivity index (χ1n) is 8.83. The second-order valence-corrected chi connectivity index (χ2v) is 6.90. The van der Waals surface area contributed by atoms with E-state index in [1.54, 1.807) is 4.68 Å². The molecule has 1 N–H and O–H groups in total. The van der Waals surface area contributed by atoms with Gasteiger partial charge in [0.05, 0.1) is 16.7 Å². The van der Waals surface area contributed by atoms with E-state index in [2.05, 4.69) is 35.2 Å². The number of imidazole rings is 1. The van der Waals surface area contributed by atoms with Gasteiger partial charge in [0.1, 0.15) is 12.4 Å². The summed E-state index contributed by atoms with van der Waals surface area (Å²) in [7, 11) is 0. The molecule has 0 radical (unpaired) electrons. The van der Waals surface area contributed by atoms with Gasteiger partial charge in [0, 0.05) is 25.2 Å². The summed E-state index contributed by atoms with van der Waals surface area (Å²) in [5.41, 5.74) is 4.29. The fourth-order valence-electron chi connectivity index (χ4n) is 3.58. The Morgan fingerprint density at radius 1 is 1.24 bits per heavy atom. The van der Waals surface area contributed by atoms with E-state index in [4.69, 9.17) is 4.98 Å². The van der Waals surface area contributed by atoms with Crippen LogP contribution in [0.5, 0.6) is 0 Å². The monoisotopic (exact) mass is 337 g/mol. The summed E-state index contributed by atoms with van der Waals surface area (Å²) in [6.07, 6.45) is 3.75. The first-order chi connectivity index (χ1) is 12.1. The first-order valence-corrected chi connectivity index (χ1v) is 8.83. The SMILES string of the molecule is Cc1ccn(CC(=O)N2CCC(c3nc4c(C)cccc4[nH]3)CC2)n1. The molecule has 1 aliphatic heterocycles. The smallest absolute Gasteiger partial charge is 0.244 e. The van der Waals surface area contributed by atoms with E-state index in [-0.39, 0.29) is 5.91 Å². The number of benzene rings is 1. The summed E-state index contributed by atoms with van der Waals surface area (Å²) < 4.78 is 1.71.